The summed E-state index contributed by atoms with van der Waals surface area (Å²) in [4.78, 5) is 35.2. The normalized spacial score (nSPS) is 16.8. The van der Waals surface area contributed by atoms with Gasteiger partial charge in [0.2, 0.25) is 0 Å². The molecule has 0 spiro atoms. The maximum atomic E-state index is 13.1. The van der Waals surface area contributed by atoms with Crippen LogP contribution in [-0.4, -0.2) is 68.5 Å². The van der Waals surface area contributed by atoms with Crippen molar-refractivity contribution < 1.29 is 9.59 Å². The van der Waals surface area contributed by atoms with E-state index in [-0.39, 0.29) is 23.7 Å². The summed E-state index contributed by atoms with van der Waals surface area (Å²) in [6.45, 7) is 5.15. The van der Waals surface area contributed by atoms with Crippen molar-refractivity contribution in [2.24, 2.45) is 5.92 Å². The molecule has 2 fully saturated rings. The van der Waals surface area contributed by atoms with Crippen LogP contribution in [0.25, 0.3) is 5.69 Å². The van der Waals surface area contributed by atoms with E-state index < -0.39 is 0 Å². The van der Waals surface area contributed by atoms with Gasteiger partial charge in [0.25, 0.3) is 5.91 Å². The van der Waals surface area contributed by atoms with Crippen molar-refractivity contribution in [2.45, 2.75) is 44.8 Å². The predicted molar refractivity (Wildman–Crippen MR) is 167 cm³/mol. The Labute approximate surface area is 258 Å². The van der Waals surface area contributed by atoms with E-state index in [2.05, 4.69) is 31.3 Å². The number of nitrogens with one attached hydrogen (secondary N) is 1. The van der Waals surface area contributed by atoms with E-state index in [1.165, 1.54) is 5.56 Å². The van der Waals surface area contributed by atoms with E-state index in [1.54, 1.807) is 17.1 Å². The van der Waals surface area contributed by atoms with Crippen molar-refractivity contribution in [3.63, 3.8) is 0 Å². The Bertz CT molecular complexity index is 1580. The number of likely N-dealkylation sites (tertiary alicyclic amines) is 2. The van der Waals surface area contributed by atoms with Crippen molar-refractivity contribution in [1.82, 2.24) is 29.9 Å². The smallest absolute Gasteiger partial charge is 0.270 e. The molecule has 0 atom stereocenters. The highest BCUT2D eigenvalue weighted by molar-refractivity contribution is 5.98. The second-order valence-corrected chi connectivity index (χ2v) is 11.8. The molecule has 9 nitrogen and oxygen atoms in total. The predicted octanol–water partition coefficient (Wildman–Crippen LogP) is 4.63. The van der Waals surface area contributed by atoms with Gasteiger partial charge in [-0.25, -0.2) is 4.68 Å². The van der Waals surface area contributed by atoms with Crippen molar-refractivity contribution >= 4 is 11.7 Å². The highest BCUT2D eigenvalue weighted by Crippen LogP contribution is 2.24. The van der Waals surface area contributed by atoms with Crippen LogP contribution in [0.1, 0.15) is 63.2 Å². The summed E-state index contributed by atoms with van der Waals surface area (Å²) >= 11 is 0. The Kier molecular flexibility index (Phi) is 9.20. The van der Waals surface area contributed by atoms with E-state index in [0.717, 1.165) is 81.8 Å². The number of ketones is 1. The van der Waals surface area contributed by atoms with Gasteiger partial charge < -0.3 is 5.32 Å². The number of benzene rings is 2. The Morgan fingerprint density at radius 1 is 0.841 bits per heavy atom. The molecule has 44 heavy (non-hydrogen) atoms. The maximum Gasteiger partial charge on any atom is 0.270 e. The second-order valence-electron chi connectivity index (χ2n) is 11.8. The van der Waals surface area contributed by atoms with Crippen molar-refractivity contribution in [2.75, 3.05) is 26.2 Å². The standard InChI is InChI=1S/C35H37N7O2/c36-22-26-2-4-27(5-3-26)24-41-20-14-31(15-21-41)39-35(44)33-11-6-28(23-37-33)25-40-18-12-30(13-19-40)34(43)29-7-9-32(10-8-29)42-17-1-16-38-42/h1-11,16-17,23,30-31H,12-15,18-21,24-25H2,(H,39,44). The number of hydrogen-bond acceptors (Lipinski definition) is 7. The average molecular weight is 588 g/mol. The highest BCUT2D eigenvalue weighted by atomic mass is 16.2. The van der Waals surface area contributed by atoms with Gasteiger partial charge in [-0.15, -0.1) is 0 Å². The molecule has 1 amide bonds. The van der Waals surface area contributed by atoms with Crippen LogP contribution in [-0.2, 0) is 13.1 Å². The van der Waals surface area contributed by atoms with Crippen LogP contribution in [0, 0.1) is 17.2 Å². The largest absolute Gasteiger partial charge is 0.348 e. The second kappa shape index (κ2) is 13.8. The van der Waals surface area contributed by atoms with Gasteiger partial charge in [-0.2, -0.15) is 10.4 Å². The van der Waals surface area contributed by atoms with Gasteiger partial charge in [-0.1, -0.05) is 18.2 Å². The molecule has 4 heterocycles. The fourth-order valence-corrected chi connectivity index (χ4v) is 6.14. The minimum absolute atomic E-state index is 0.0360. The minimum atomic E-state index is -0.126. The van der Waals surface area contributed by atoms with Gasteiger partial charge in [-0.05, 0) is 98.4 Å². The molecule has 1 N–H and O–H groups in total. The number of rotatable bonds is 9. The van der Waals surface area contributed by atoms with Crippen molar-refractivity contribution in [3.8, 4) is 11.8 Å². The zero-order chi connectivity index (χ0) is 30.3. The topological polar surface area (TPSA) is 107 Å². The molecule has 9 heteroatoms. The molecule has 224 valence electrons. The third kappa shape index (κ3) is 7.28. The van der Waals surface area contributed by atoms with Gasteiger partial charge >= 0.3 is 0 Å². The fraction of sp³-hybridized carbons (Fsp3) is 0.343. The van der Waals surface area contributed by atoms with Crippen molar-refractivity contribution in [3.05, 3.63) is 113 Å². The van der Waals surface area contributed by atoms with Gasteiger partial charge in [0.15, 0.2) is 5.78 Å². The maximum absolute atomic E-state index is 13.1. The monoisotopic (exact) mass is 587 g/mol. The molecule has 2 saturated heterocycles. The lowest BCUT2D eigenvalue weighted by Gasteiger charge is -2.32. The van der Waals surface area contributed by atoms with E-state index in [0.29, 0.717) is 11.3 Å². The van der Waals surface area contributed by atoms with Crippen molar-refractivity contribution in [1.29, 1.82) is 5.26 Å². The minimum Gasteiger partial charge on any atom is -0.348 e. The number of carbonyl (C=O) groups is 2. The molecule has 2 aliphatic heterocycles. The van der Waals surface area contributed by atoms with Crippen LogP contribution in [0.5, 0.6) is 0 Å². The van der Waals surface area contributed by atoms with Crippen LogP contribution < -0.4 is 5.32 Å². The summed E-state index contributed by atoms with van der Waals surface area (Å²) in [5.74, 6) is 0.124. The first-order chi connectivity index (χ1) is 21.5. The third-order valence-corrected chi connectivity index (χ3v) is 8.75. The summed E-state index contributed by atoms with van der Waals surface area (Å²) in [7, 11) is 0. The summed E-state index contributed by atoms with van der Waals surface area (Å²) in [5, 5.41) is 16.4. The lowest BCUT2D eigenvalue weighted by atomic mass is 9.88. The van der Waals surface area contributed by atoms with Crippen LogP contribution in [0.2, 0.25) is 0 Å². The van der Waals surface area contributed by atoms with Crippen LogP contribution >= 0.6 is 0 Å². The molecule has 6 rings (SSSR count). The number of amides is 1. The van der Waals surface area contributed by atoms with Gasteiger partial charge in [0.05, 0.1) is 17.3 Å². The fourth-order valence-electron chi connectivity index (χ4n) is 6.14. The van der Waals surface area contributed by atoms with Crippen LogP contribution in [0.3, 0.4) is 0 Å². The number of Topliss-reactive ketones (excluding diaryl/α,β-unsaturated/α-hetero) is 1. The van der Waals surface area contributed by atoms with Gasteiger partial charge in [-0.3, -0.25) is 24.4 Å². The molecule has 0 unspecified atom stereocenters. The van der Waals surface area contributed by atoms with E-state index in [1.807, 2.05) is 72.9 Å². The Hall–Kier alpha value is -4.65. The van der Waals surface area contributed by atoms with Gasteiger partial charge in [0.1, 0.15) is 5.69 Å². The molecular weight excluding hydrogens is 550 g/mol. The molecule has 0 bridgehead atoms. The average Bonchev–Trinajstić information content (AvgIpc) is 3.62. The molecule has 2 aromatic heterocycles. The number of carbonyl (C=O) groups excluding carboxylic acids is 2. The number of hydrogen-bond donors (Lipinski definition) is 1. The summed E-state index contributed by atoms with van der Waals surface area (Å²) in [6, 6.07) is 23.4. The Balaban J connectivity index is 0.920. The number of piperidine rings is 2. The first-order valence-corrected chi connectivity index (χ1v) is 15.4. The summed E-state index contributed by atoms with van der Waals surface area (Å²) < 4.78 is 1.78. The summed E-state index contributed by atoms with van der Waals surface area (Å²) in [6.07, 6.45) is 8.89. The third-order valence-electron chi connectivity index (χ3n) is 8.75. The molecule has 2 aromatic carbocycles. The molecule has 0 aliphatic carbocycles. The number of nitrogens with zero attached hydrogens (tertiary/aromatic N) is 6. The van der Waals surface area contributed by atoms with Crippen LogP contribution in [0.4, 0.5) is 0 Å². The number of pyridine rings is 1. The Morgan fingerprint density at radius 2 is 1.50 bits per heavy atom. The lowest BCUT2D eigenvalue weighted by molar-refractivity contribution is 0.0834. The molecule has 0 saturated carbocycles. The number of nitriles is 1. The number of aromatic nitrogens is 3. The summed E-state index contributed by atoms with van der Waals surface area (Å²) in [5.41, 5.74) is 5.08. The first kappa shape index (κ1) is 29.4. The van der Waals surface area contributed by atoms with E-state index in [4.69, 9.17) is 5.26 Å². The molecular formula is C35H37N7O2. The zero-order valence-electron chi connectivity index (χ0n) is 24.8. The van der Waals surface area contributed by atoms with E-state index in [9.17, 15) is 9.59 Å². The molecule has 4 aromatic rings. The first-order valence-electron chi connectivity index (χ1n) is 15.4. The SMILES string of the molecule is N#Cc1ccc(CN2CCC(NC(=O)c3ccc(CN4CCC(C(=O)c5ccc(-n6cccn6)cc5)CC4)cn3)CC2)cc1. The quantitative estimate of drug-likeness (QED) is 0.285. The molecule has 0 radical (unpaired) electrons. The van der Waals surface area contributed by atoms with Crippen LogP contribution in [0.15, 0.2) is 85.3 Å². The lowest BCUT2D eigenvalue weighted by Crippen LogP contribution is -2.44. The van der Waals surface area contributed by atoms with E-state index >= 15 is 0 Å². The van der Waals surface area contributed by atoms with Gasteiger partial charge in [0, 0.05) is 62.3 Å². The highest BCUT2D eigenvalue weighted by Gasteiger charge is 2.26. The zero-order valence-corrected chi connectivity index (χ0v) is 24.8. The molecule has 2 aliphatic rings. The Morgan fingerprint density at radius 3 is 2.11 bits per heavy atom.